The largest absolute Gasteiger partial charge is 0.382 e. The maximum atomic E-state index is 13.5. The Labute approximate surface area is 217 Å². The summed E-state index contributed by atoms with van der Waals surface area (Å²) < 4.78 is 18.9. The fourth-order valence-electron chi connectivity index (χ4n) is 3.91. The molecule has 3 rings (SSSR count). The molecule has 0 radical (unpaired) electrons. The quantitative estimate of drug-likeness (QED) is 0.265. The van der Waals surface area contributed by atoms with Crippen molar-refractivity contribution in [3.05, 3.63) is 93.4 Å². The van der Waals surface area contributed by atoms with Crippen LogP contribution in [0.2, 0.25) is 0 Å². The number of thiophene rings is 1. The Kier molecular flexibility index (Phi) is 11.1. The molecule has 0 bridgehead atoms. The summed E-state index contributed by atoms with van der Waals surface area (Å²) in [4.78, 5) is 32.4. The summed E-state index contributed by atoms with van der Waals surface area (Å²) in [5.74, 6) is -0.484. The van der Waals surface area contributed by atoms with E-state index in [0.29, 0.717) is 52.1 Å². The number of ether oxygens (including phenoxy) is 1. The van der Waals surface area contributed by atoms with E-state index in [1.807, 2.05) is 56.3 Å². The van der Waals surface area contributed by atoms with Crippen molar-refractivity contribution >= 4 is 23.2 Å². The molecule has 0 unspecified atom stereocenters. The van der Waals surface area contributed by atoms with Gasteiger partial charge in [-0.2, -0.15) is 0 Å². The lowest BCUT2D eigenvalue weighted by atomic mass is 10.1. The lowest BCUT2D eigenvalue weighted by Gasteiger charge is -2.28. The first-order valence-electron chi connectivity index (χ1n) is 12.4. The average Bonchev–Trinajstić information content (AvgIpc) is 3.30. The van der Waals surface area contributed by atoms with E-state index in [4.69, 9.17) is 4.74 Å². The molecule has 0 saturated heterocycles. The van der Waals surface area contributed by atoms with E-state index in [1.54, 1.807) is 33.3 Å². The fourth-order valence-corrected chi connectivity index (χ4v) is 4.82. The number of nitrogens with zero attached hydrogens (tertiary/aromatic N) is 2. The minimum absolute atomic E-state index is 0.00526. The number of carbonyl (C=O) groups is 2. The maximum absolute atomic E-state index is 13.5. The molecule has 2 amide bonds. The van der Waals surface area contributed by atoms with Crippen molar-refractivity contribution < 1.29 is 18.7 Å². The first-order valence-corrected chi connectivity index (χ1v) is 13.2. The Morgan fingerprint density at radius 1 is 0.889 bits per heavy atom. The molecule has 1 aromatic heterocycles. The van der Waals surface area contributed by atoms with E-state index in [0.717, 1.165) is 16.0 Å². The molecule has 0 fully saturated rings. The zero-order chi connectivity index (χ0) is 25.8. The highest BCUT2D eigenvalue weighted by molar-refractivity contribution is 7.11. The standard InChI is InChI=1S/C29H35FN2O3S/c1-3-35-19-7-18-31(28(33)17-13-24-8-5-4-6-9-24)22-29(34)32(21-27-16-10-23(2)36-27)20-25-11-14-26(30)15-12-25/h4-6,8-12,14-16H,3,7,13,17-22H2,1-2H3. The second kappa shape index (κ2) is 14.5. The van der Waals surface area contributed by atoms with Crippen LogP contribution < -0.4 is 0 Å². The van der Waals surface area contributed by atoms with Crippen LogP contribution in [0.15, 0.2) is 66.7 Å². The molecule has 5 nitrogen and oxygen atoms in total. The number of carbonyl (C=O) groups excluding carboxylic acids is 2. The number of rotatable bonds is 14. The number of hydrogen-bond acceptors (Lipinski definition) is 4. The normalized spacial score (nSPS) is 10.9. The number of benzene rings is 2. The molecule has 0 N–H and O–H groups in total. The minimum atomic E-state index is -0.310. The van der Waals surface area contributed by atoms with Crippen LogP contribution in [0.1, 0.15) is 40.6 Å². The van der Waals surface area contributed by atoms with Crippen molar-refractivity contribution in [1.82, 2.24) is 9.80 Å². The van der Waals surface area contributed by atoms with Crippen molar-refractivity contribution in [1.29, 1.82) is 0 Å². The van der Waals surface area contributed by atoms with Gasteiger partial charge >= 0.3 is 0 Å². The predicted molar refractivity (Wildman–Crippen MR) is 142 cm³/mol. The van der Waals surface area contributed by atoms with Gasteiger partial charge in [-0.3, -0.25) is 9.59 Å². The maximum Gasteiger partial charge on any atom is 0.242 e. The first-order chi connectivity index (χ1) is 17.4. The van der Waals surface area contributed by atoms with Gasteiger partial charge in [0, 0.05) is 42.5 Å². The molecule has 3 aromatic rings. The molecule has 2 aromatic carbocycles. The molecular formula is C29H35FN2O3S. The SMILES string of the molecule is CCOCCCN(CC(=O)N(Cc1ccc(F)cc1)Cc1ccc(C)s1)C(=O)CCc1ccccc1. The van der Waals surface area contributed by atoms with Crippen LogP contribution in [0.4, 0.5) is 4.39 Å². The van der Waals surface area contributed by atoms with Gasteiger partial charge in [0.05, 0.1) is 13.1 Å². The van der Waals surface area contributed by atoms with Gasteiger partial charge in [0.15, 0.2) is 0 Å². The molecule has 0 spiro atoms. The summed E-state index contributed by atoms with van der Waals surface area (Å²) >= 11 is 1.65. The van der Waals surface area contributed by atoms with Gasteiger partial charge in [-0.25, -0.2) is 4.39 Å². The third kappa shape index (κ3) is 9.21. The number of halogens is 1. The zero-order valence-electron chi connectivity index (χ0n) is 21.1. The highest BCUT2D eigenvalue weighted by Gasteiger charge is 2.22. The molecular weight excluding hydrogens is 475 g/mol. The Morgan fingerprint density at radius 3 is 2.31 bits per heavy atom. The van der Waals surface area contributed by atoms with Gasteiger partial charge in [0.25, 0.3) is 0 Å². The van der Waals surface area contributed by atoms with Crippen molar-refractivity contribution in [3.8, 4) is 0 Å². The van der Waals surface area contributed by atoms with E-state index in [9.17, 15) is 14.0 Å². The highest BCUT2D eigenvalue weighted by Crippen LogP contribution is 2.19. The van der Waals surface area contributed by atoms with Crippen LogP contribution in [-0.4, -0.2) is 47.9 Å². The van der Waals surface area contributed by atoms with Gasteiger partial charge < -0.3 is 14.5 Å². The Morgan fingerprint density at radius 2 is 1.64 bits per heavy atom. The number of hydrogen-bond donors (Lipinski definition) is 0. The lowest BCUT2D eigenvalue weighted by molar-refractivity contribution is -0.141. The van der Waals surface area contributed by atoms with E-state index in [-0.39, 0.29) is 24.2 Å². The fraction of sp³-hybridized carbons (Fsp3) is 0.379. The van der Waals surface area contributed by atoms with Gasteiger partial charge in [0.2, 0.25) is 11.8 Å². The van der Waals surface area contributed by atoms with Crippen LogP contribution in [0, 0.1) is 12.7 Å². The number of aryl methyl sites for hydroxylation is 2. The lowest BCUT2D eigenvalue weighted by Crippen LogP contribution is -2.43. The highest BCUT2D eigenvalue weighted by atomic mass is 32.1. The van der Waals surface area contributed by atoms with Crippen LogP contribution in [-0.2, 0) is 33.8 Å². The smallest absolute Gasteiger partial charge is 0.242 e. The molecule has 1 heterocycles. The van der Waals surface area contributed by atoms with Crippen molar-refractivity contribution in [3.63, 3.8) is 0 Å². The number of amides is 2. The second-order valence-electron chi connectivity index (χ2n) is 8.74. The van der Waals surface area contributed by atoms with E-state index < -0.39 is 0 Å². The molecule has 0 saturated carbocycles. The van der Waals surface area contributed by atoms with E-state index in [2.05, 4.69) is 0 Å². The molecule has 36 heavy (non-hydrogen) atoms. The molecule has 192 valence electrons. The van der Waals surface area contributed by atoms with Crippen LogP contribution in [0.3, 0.4) is 0 Å². The van der Waals surface area contributed by atoms with Gasteiger partial charge in [-0.05, 0) is 62.1 Å². The van der Waals surface area contributed by atoms with Gasteiger partial charge in [-0.1, -0.05) is 42.5 Å². The average molecular weight is 511 g/mol. The van der Waals surface area contributed by atoms with Crippen molar-refractivity contribution in [2.24, 2.45) is 0 Å². The Bertz CT molecular complexity index is 1090. The summed E-state index contributed by atoms with van der Waals surface area (Å²) in [5, 5.41) is 0. The third-order valence-electron chi connectivity index (χ3n) is 5.85. The summed E-state index contributed by atoms with van der Waals surface area (Å²) in [6.07, 6.45) is 1.64. The molecule has 7 heteroatoms. The first kappa shape index (κ1) is 27.6. The van der Waals surface area contributed by atoms with Crippen molar-refractivity contribution in [2.45, 2.75) is 46.2 Å². The molecule has 0 aliphatic rings. The monoisotopic (exact) mass is 510 g/mol. The zero-order valence-corrected chi connectivity index (χ0v) is 21.9. The van der Waals surface area contributed by atoms with Crippen LogP contribution >= 0.6 is 11.3 Å². The Hall–Kier alpha value is -3.03. The minimum Gasteiger partial charge on any atom is -0.382 e. The van der Waals surface area contributed by atoms with E-state index >= 15 is 0 Å². The second-order valence-corrected chi connectivity index (χ2v) is 10.1. The topological polar surface area (TPSA) is 49.9 Å². The van der Waals surface area contributed by atoms with Crippen molar-refractivity contribution in [2.75, 3.05) is 26.3 Å². The predicted octanol–water partition coefficient (Wildman–Crippen LogP) is 5.61. The summed E-state index contributed by atoms with van der Waals surface area (Å²) in [5.41, 5.74) is 1.94. The summed E-state index contributed by atoms with van der Waals surface area (Å²) in [6.45, 7) is 6.39. The third-order valence-corrected chi connectivity index (χ3v) is 6.84. The Balaban J connectivity index is 1.71. The summed E-state index contributed by atoms with van der Waals surface area (Å²) in [7, 11) is 0. The molecule has 0 atom stereocenters. The van der Waals surface area contributed by atoms with Crippen LogP contribution in [0.25, 0.3) is 0 Å². The molecule has 0 aliphatic carbocycles. The van der Waals surface area contributed by atoms with Crippen LogP contribution in [0.5, 0.6) is 0 Å². The summed E-state index contributed by atoms with van der Waals surface area (Å²) in [6, 6.07) is 20.1. The van der Waals surface area contributed by atoms with Gasteiger partial charge in [-0.15, -0.1) is 11.3 Å². The van der Waals surface area contributed by atoms with E-state index in [1.165, 1.54) is 17.0 Å². The van der Waals surface area contributed by atoms with Gasteiger partial charge in [0.1, 0.15) is 5.82 Å². The molecule has 0 aliphatic heterocycles.